The van der Waals surface area contributed by atoms with Crippen molar-refractivity contribution in [1.82, 2.24) is 14.9 Å². The molecule has 0 aromatic carbocycles. The van der Waals surface area contributed by atoms with Gasteiger partial charge in [0, 0.05) is 13.6 Å². The van der Waals surface area contributed by atoms with E-state index in [9.17, 15) is 0 Å². The highest BCUT2D eigenvalue weighted by atomic mass is 35.5. The summed E-state index contributed by atoms with van der Waals surface area (Å²) in [6.07, 6.45) is 0. The molecule has 1 aromatic heterocycles. The summed E-state index contributed by atoms with van der Waals surface area (Å²) in [5, 5.41) is 4.20. The molecule has 0 aliphatic heterocycles. The Morgan fingerprint density at radius 1 is 1.43 bits per heavy atom. The normalized spacial score (nSPS) is 11.3. The fourth-order valence-corrected chi connectivity index (χ4v) is 1.64. The van der Waals surface area contributed by atoms with E-state index in [1.807, 2.05) is 7.05 Å². The molecule has 0 amide bonds. The second-order valence-electron chi connectivity index (χ2n) is 3.70. The minimum Gasteiger partial charge on any atom is -0.319 e. The fraction of sp³-hybridized carbons (Fsp3) is 0.667. The number of aromatic nitrogens is 2. The van der Waals surface area contributed by atoms with Gasteiger partial charge in [-0.2, -0.15) is 0 Å². The molecule has 0 atom stereocenters. The molecule has 0 unspecified atom stereocenters. The van der Waals surface area contributed by atoms with Crippen LogP contribution < -0.4 is 5.32 Å². The second-order valence-corrected chi connectivity index (χ2v) is 4.40. The highest BCUT2D eigenvalue weighted by molar-refractivity contribution is 6.32. The Morgan fingerprint density at radius 2 is 2.07 bits per heavy atom. The first-order chi connectivity index (χ1) is 6.52. The van der Waals surface area contributed by atoms with Gasteiger partial charge in [0.2, 0.25) is 5.28 Å². The van der Waals surface area contributed by atoms with Crippen LogP contribution in [-0.2, 0) is 13.6 Å². The second kappa shape index (κ2) is 5.01. The number of hydrogen-bond donors (Lipinski definition) is 1. The quantitative estimate of drug-likeness (QED) is 0.870. The van der Waals surface area contributed by atoms with Crippen molar-refractivity contribution in [1.29, 1.82) is 0 Å². The molecule has 0 saturated heterocycles. The Labute approximate surface area is 94.4 Å². The Balaban J connectivity index is 2.58. The van der Waals surface area contributed by atoms with Gasteiger partial charge in [-0.3, -0.25) is 0 Å². The average Bonchev–Trinajstić information content (AvgIpc) is 2.31. The summed E-state index contributed by atoms with van der Waals surface area (Å²) in [6, 6.07) is 0. The molecule has 80 valence electrons. The maximum atomic E-state index is 5.91. The maximum absolute atomic E-state index is 5.91. The van der Waals surface area contributed by atoms with Crippen molar-refractivity contribution < 1.29 is 0 Å². The van der Waals surface area contributed by atoms with Gasteiger partial charge in [0.1, 0.15) is 0 Å². The van der Waals surface area contributed by atoms with Crippen LogP contribution in [0.3, 0.4) is 0 Å². The molecule has 0 bridgehead atoms. The van der Waals surface area contributed by atoms with Gasteiger partial charge in [-0.15, -0.1) is 0 Å². The van der Waals surface area contributed by atoms with E-state index in [4.69, 9.17) is 23.2 Å². The molecule has 1 rings (SSSR count). The van der Waals surface area contributed by atoms with Crippen molar-refractivity contribution in [2.45, 2.75) is 20.4 Å². The third kappa shape index (κ3) is 2.87. The Bertz CT molecular complexity index is 307. The minimum absolute atomic E-state index is 0.427. The largest absolute Gasteiger partial charge is 0.319 e. The van der Waals surface area contributed by atoms with Crippen LogP contribution in [-0.4, -0.2) is 16.1 Å². The third-order valence-electron chi connectivity index (χ3n) is 1.96. The van der Waals surface area contributed by atoms with Crippen LogP contribution in [0, 0.1) is 5.92 Å². The molecule has 0 fully saturated rings. The molecular formula is C9H15Cl2N3. The van der Waals surface area contributed by atoms with Gasteiger partial charge in [-0.25, -0.2) is 4.98 Å². The molecule has 0 radical (unpaired) electrons. The van der Waals surface area contributed by atoms with Crippen molar-refractivity contribution in [2.75, 3.05) is 6.54 Å². The van der Waals surface area contributed by atoms with Gasteiger partial charge >= 0.3 is 0 Å². The third-order valence-corrected chi connectivity index (χ3v) is 2.60. The number of rotatable bonds is 4. The summed E-state index contributed by atoms with van der Waals surface area (Å²) in [5.41, 5.74) is 0.928. The first kappa shape index (κ1) is 11.8. The monoisotopic (exact) mass is 235 g/mol. The van der Waals surface area contributed by atoms with E-state index >= 15 is 0 Å². The number of nitrogens with zero attached hydrogens (tertiary/aromatic N) is 2. The first-order valence-electron chi connectivity index (χ1n) is 4.59. The number of nitrogens with one attached hydrogen (secondary N) is 1. The van der Waals surface area contributed by atoms with Crippen LogP contribution in [0.25, 0.3) is 0 Å². The summed E-state index contributed by atoms with van der Waals surface area (Å²) >= 11 is 11.7. The molecular weight excluding hydrogens is 221 g/mol. The van der Waals surface area contributed by atoms with Gasteiger partial charge in [0.05, 0.1) is 5.69 Å². The highest BCUT2D eigenvalue weighted by Gasteiger charge is 2.10. The lowest BCUT2D eigenvalue weighted by atomic mass is 10.2. The number of hydrogen-bond acceptors (Lipinski definition) is 2. The molecule has 1 aromatic rings. The summed E-state index contributed by atoms with van der Waals surface area (Å²) in [7, 11) is 1.85. The molecule has 0 saturated carbocycles. The molecule has 5 heteroatoms. The number of halogens is 2. The van der Waals surface area contributed by atoms with Crippen LogP contribution in [0.5, 0.6) is 0 Å². The van der Waals surface area contributed by atoms with Crippen LogP contribution in [0.1, 0.15) is 19.5 Å². The van der Waals surface area contributed by atoms with Crippen molar-refractivity contribution in [3.63, 3.8) is 0 Å². The summed E-state index contributed by atoms with van der Waals surface area (Å²) in [5.74, 6) is 0.623. The van der Waals surface area contributed by atoms with Gasteiger partial charge in [0.25, 0.3) is 0 Å². The predicted octanol–water partition coefficient (Wildman–Crippen LogP) is 2.47. The first-order valence-corrected chi connectivity index (χ1v) is 5.35. The van der Waals surface area contributed by atoms with Gasteiger partial charge in [-0.1, -0.05) is 25.4 Å². The topological polar surface area (TPSA) is 29.9 Å². The van der Waals surface area contributed by atoms with Crippen LogP contribution in [0.15, 0.2) is 0 Å². The zero-order valence-electron chi connectivity index (χ0n) is 8.64. The van der Waals surface area contributed by atoms with Crippen LogP contribution in [0.2, 0.25) is 10.4 Å². The molecule has 0 spiro atoms. The summed E-state index contributed by atoms with van der Waals surface area (Å²) in [6.45, 7) is 5.97. The van der Waals surface area contributed by atoms with E-state index in [0.29, 0.717) is 22.9 Å². The van der Waals surface area contributed by atoms with Crippen LogP contribution >= 0.6 is 23.2 Å². The average molecular weight is 236 g/mol. The Kier molecular flexibility index (Phi) is 4.23. The smallest absolute Gasteiger partial charge is 0.204 e. The minimum atomic E-state index is 0.427. The van der Waals surface area contributed by atoms with E-state index in [2.05, 4.69) is 24.1 Å². The molecule has 3 nitrogen and oxygen atoms in total. The SMILES string of the molecule is CC(C)CNCc1c(Cl)nc(Cl)n1C. The summed E-state index contributed by atoms with van der Waals surface area (Å²) < 4.78 is 1.79. The molecule has 1 heterocycles. The number of imidazole rings is 1. The van der Waals surface area contributed by atoms with E-state index in [1.165, 1.54) is 0 Å². The van der Waals surface area contributed by atoms with E-state index in [0.717, 1.165) is 12.2 Å². The molecule has 0 aliphatic rings. The van der Waals surface area contributed by atoms with E-state index in [1.54, 1.807) is 4.57 Å². The molecule has 1 N–H and O–H groups in total. The zero-order chi connectivity index (χ0) is 10.7. The molecule has 14 heavy (non-hydrogen) atoms. The molecule has 0 aliphatic carbocycles. The van der Waals surface area contributed by atoms with Crippen molar-refractivity contribution in [2.24, 2.45) is 13.0 Å². The van der Waals surface area contributed by atoms with Crippen molar-refractivity contribution in [3.8, 4) is 0 Å². The van der Waals surface area contributed by atoms with Gasteiger partial charge in [0.15, 0.2) is 5.15 Å². The predicted molar refractivity (Wildman–Crippen MR) is 59.8 cm³/mol. The maximum Gasteiger partial charge on any atom is 0.204 e. The van der Waals surface area contributed by atoms with E-state index in [-0.39, 0.29) is 0 Å². The Morgan fingerprint density at radius 3 is 2.50 bits per heavy atom. The highest BCUT2D eigenvalue weighted by Crippen LogP contribution is 2.18. The van der Waals surface area contributed by atoms with Gasteiger partial charge < -0.3 is 9.88 Å². The lowest BCUT2D eigenvalue weighted by Crippen LogP contribution is -2.20. The zero-order valence-corrected chi connectivity index (χ0v) is 10.2. The van der Waals surface area contributed by atoms with Crippen molar-refractivity contribution in [3.05, 3.63) is 16.1 Å². The van der Waals surface area contributed by atoms with Crippen LogP contribution in [0.4, 0.5) is 0 Å². The van der Waals surface area contributed by atoms with E-state index < -0.39 is 0 Å². The van der Waals surface area contributed by atoms with Gasteiger partial charge in [-0.05, 0) is 24.1 Å². The lowest BCUT2D eigenvalue weighted by molar-refractivity contribution is 0.542. The fourth-order valence-electron chi connectivity index (χ4n) is 1.14. The Hall–Kier alpha value is -0.250. The lowest BCUT2D eigenvalue weighted by Gasteiger charge is -2.08. The van der Waals surface area contributed by atoms with Crippen molar-refractivity contribution >= 4 is 23.2 Å². The summed E-state index contributed by atoms with van der Waals surface area (Å²) in [4.78, 5) is 3.96. The standard InChI is InChI=1S/C9H15Cl2N3/c1-6(2)4-12-5-7-8(10)13-9(11)14(7)3/h6,12H,4-5H2,1-3H3.